The molecule has 0 N–H and O–H groups in total. The lowest BCUT2D eigenvalue weighted by atomic mass is 10.1. The number of carbonyl (C=O) groups excluding carboxylic acids is 2. The van der Waals surface area contributed by atoms with E-state index in [0.717, 1.165) is 18.8 Å². The molecule has 2 aromatic rings. The van der Waals surface area contributed by atoms with Gasteiger partial charge in [-0.3, -0.25) is 4.79 Å². The Morgan fingerprint density at radius 2 is 1.74 bits per heavy atom. The lowest BCUT2D eigenvalue weighted by molar-refractivity contribution is -0.134. The zero-order valence-electron chi connectivity index (χ0n) is 15.4. The van der Waals surface area contributed by atoms with Crippen molar-refractivity contribution in [1.82, 2.24) is 4.90 Å². The molecule has 0 atom stereocenters. The number of amides is 1. The van der Waals surface area contributed by atoms with Crippen LogP contribution in [0.3, 0.4) is 0 Å². The van der Waals surface area contributed by atoms with Crippen LogP contribution in [0.4, 0.5) is 5.69 Å². The molecule has 0 radical (unpaired) electrons. The van der Waals surface area contributed by atoms with Crippen molar-refractivity contribution < 1.29 is 18.7 Å². The molecule has 142 valence electrons. The Morgan fingerprint density at radius 3 is 2.37 bits per heavy atom. The third kappa shape index (κ3) is 4.36. The summed E-state index contributed by atoms with van der Waals surface area (Å²) in [7, 11) is 0. The highest BCUT2D eigenvalue weighted by atomic mass is 16.5. The van der Waals surface area contributed by atoms with Gasteiger partial charge in [-0.2, -0.15) is 0 Å². The van der Waals surface area contributed by atoms with Crippen molar-refractivity contribution >= 4 is 17.6 Å². The first-order chi connectivity index (χ1) is 13.0. The number of nitrogens with zero attached hydrogens (tertiary/aromatic N) is 2. The number of hydrogen-bond acceptors (Lipinski definition) is 6. The number of carbonyl (C=O) groups is 2. The summed E-state index contributed by atoms with van der Waals surface area (Å²) >= 11 is 0. The van der Waals surface area contributed by atoms with Crippen LogP contribution in [0.1, 0.15) is 21.7 Å². The van der Waals surface area contributed by atoms with E-state index in [0.29, 0.717) is 18.7 Å². The van der Waals surface area contributed by atoms with Crippen LogP contribution in [0.2, 0.25) is 0 Å². The number of hydrogen-bond donors (Lipinski definition) is 0. The number of anilines is 1. The fourth-order valence-electron chi connectivity index (χ4n) is 3.21. The normalized spacial score (nSPS) is 14.1. The van der Waals surface area contributed by atoms with E-state index in [1.54, 1.807) is 11.8 Å². The molecule has 0 aliphatic carbocycles. The first-order valence-electron chi connectivity index (χ1n) is 8.82. The van der Waals surface area contributed by atoms with E-state index < -0.39 is 11.6 Å². The minimum atomic E-state index is -0.662. The second kappa shape index (κ2) is 8.07. The van der Waals surface area contributed by atoms with E-state index in [1.165, 1.54) is 13.0 Å². The van der Waals surface area contributed by atoms with Gasteiger partial charge in [0.15, 0.2) is 6.61 Å². The smallest absolute Gasteiger partial charge is 0.342 e. The van der Waals surface area contributed by atoms with Crippen molar-refractivity contribution in [3.8, 4) is 0 Å². The average molecular weight is 370 g/mol. The van der Waals surface area contributed by atoms with Crippen molar-refractivity contribution in [2.24, 2.45) is 0 Å². The van der Waals surface area contributed by atoms with Gasteiger partial charge in [0.2, 0.25) is 0 Å². The monoisotopic (exact) mass is 370 g/mol. The largest absolute Gasteiger partial charge is 0.452 e. The van der Waals surface area contributed by atoms with Crippen LogP contribution in [-0.2, 0) is 9.53 Å². The Kier molecular flexibility index (Phi) is 5.59. The Morgan fingerprint density at radius 1 is 1.07 bits per heavy atom. The van der Waals surface area contributed by atoms with Crippen LogP contribution < -0.4 is 10.5 Å². The van der Waals surface area contributed by atoms with Crippen LogP contribution in [0.5, 0.6) is 0 Å². The minimum absolute atomic E-state index is 0.189. The molecule has 1 aliphatic heterocycles. The molecule has 0 saturated carbocycles. The number of ether oxygens (including phenoxy) is 1. The maximum atomic E-state index is 12.4. The van der Waals surface area contributed by atoms with E-state index in [1.807, 2.05) is 30.3 Å². The Labute approximate surface area is 157 Å². The molecule has 7 nitrogen and oxygen atoms in total. The summed E-state index contributed by atoms with van der Waals surface area (Å²) in [6, 6.07) is 11.3. The van der Waals surface area contributed by atoms with Crippen LogP contribution in [-0.4, -0.2) is 49.6 Å². The van der Waals surface area contributed by atoms with Gasteiger partial charge < -0.3 is 19.0 Å². The van der Waals surface area contributed by atoms with E-state index in [-0.39, 0.29) is 23.8 Å². The number of rotatable bonds is 4. The molecule has 0 bridgehead atoms. The molecular formula is C20H22N2O5. The third-order valence-electron chi connectivity index (χ3n) is 4.62. The Balaban J connectivity index is 1.53. The van der Waals surface area contributed by atoms with E-state index >= 15 is 0 Å². The van der Waals surface area contributed by atoms with Gasteiger partial charge in [0, 0.05) is 37.9 Å². The Bertz CT molecular complexity index is 857. The topological polar surface area (TPSA) is 80.1 Å². The van der Waals surface area contributed by atoms with Crippen LogP contribution in [0.15, 0.2) is 45.6 Å². The van der Waals surface area contributed by atoms with E-state index in [4.69, 9.17) is 9.15 Å². The maximum Gasteiger partial charge on any atom is 0.342 e. The van der Waals surface area contributed by atoms with Gasteiger partial charge >= 0.3 is 11.6 Å². The predicted octanol–water partition coefficient (Wildman–Crippen LogP) is 1.76. The van der Waals surface area contributed by atoms with Gasteiger partial charge in [0.25, 0.3) is 5.91 Å². The molecule has 1 aromatic carbocycles. The van der Waals surface area contributed by atoms with Crippen LogP contribution >= 0.6 is 0 Å². The zero-order valence-corrected chi connectivity index (χ0v) is 15.4. The molecule has 0 unspecified atom stereocenters. The SMILES string of the molecule is Cc1cc(=O)oc(C)c1C(=O)OCC(=O)N1CCN(c2ccccc2)CC1. The van der Waals surface area contributed by atoms with Crippen LogP contribution in [0, 0.1) is 13.8 Å². The number of piperazine rings is 1. The predicted molar refractivity (Wildman–Crippen MR) is 100.0 cm³/mol. The maximum absolute atomic E-state index is 12.4. The molecule has 1 saturated heterocycles. The first-order valence-corrected chi connectivity index (χ1v) is 8.82. The number of para-hydroxylation sites is 1. The molecule has 27 heavy (non-hydrogen) atoms. The van der Waals surface area contributed by atoms with E-state index in [2.05, 4.69) is 4.90 Å². The molecule has 1 aromatic heterocycles. The first kappa shape index (κ1) is 18.7. The highest BCUT2D eigenvalue weighted by molar-refractivity contribution is 5.93. The van der Waals surface area contributed by atoms with Gasteiger partial charge in [-0.05, 0) is 31.5 Å². The summed E-state index contributed by atoms with van der Waals surface area (Å²) in [5.41, 5.74) is 1.27. The summed E-state index contributed by atoms with van der Waals surface area (Å²) in [4.78, 5) is 39.8. The zero-order chi connectivity index (χ0) is 19.4. The van der Waals surface area contributed by atoms with Crippen molar-refractivity contribution in [3.63, 3.8) is 0 Å². The third-order valence-corrected chi connectivity index (χ3v) is 4.62. The molecular weight excluding hydrogens is 348 g/mol. The summed E-state index contributed by atoms with van der Waals surface area (Å²) in [6.07, 6.45) is 0. The highest BCUT2D eigenvalue weighted by Gasteiger charge is 2.23. The lowest BCUT2D eigenvalue weighted by Gasteiger charge is -2.36. The van der Waals surface area contributed by atoms with Gasteiger partial charge in [-0.1, -0.05) is 18.2 Å². The standard InChI is InChI=1S/C20H22N2O5/c1-14-12-18(24)27-15(2)19(14)20(25)26-13-17(23)22-10-8-21(9-11-22)16-6-4-3-5-7-16/h3-7,12H,8-11,13H2,1-2H3. The molecule has 2 heterocycles. The number of aryl methyl sites for hydroxylation is 2. The fourth-order valence-corrected chi connectivity index (χ4v) is 3.21. The van der Waals surface area contributed by atoms with Gasteiger partial charge in [0.05, 0.1) is 0 Å². The van der Waals surface area contributed by atoms with Crippen molar-refractivity contribution in [3.05, 3.63) is 63.7 Å². The Hall–Kier alpha value is -3.09. The number of esters is 1. The van der Waals surface area contributed by atoms with E-state index in [9.17, 15) is 14.4 Å². The van der Waals surface area contributed by atoms with Crippen molar-refractivity contribution in [1.29, 1.82) is 0 Å². The fraction of sp³-hybridized carbons (Fsp3) is 0.350. The second-order valence-corrected chi connectivity index (χ2v) is 6.46. The summed E-state index contributed by atoms with van der Waals surface area (Å²) < 4.78 is 10.1. The summed E-state index contributed by atoms with van der Waals surface area (Å²) in [5.74, 6) is -0.706. The molecule has 1 amide bonds. The van der Waals surface area contributed by atoms with Crippen LogP contribution in [0.25, 0.3) is 0 Å². The van der Waals surface area contributed by atoms with Crippen molar-refractivity contribution in [2.45, 2.75) is 13.8 Å². The average Bonchev–Trinajstić information content (AvgIpc) is 2.66. The van der Waals surface area contributed by atoms with Gasteiger partial charge in [-0.25, -0.2) is 9.59 Å². The second-order valence-electron chi connectivity index (χ2n) is 6.46. The lowest BCUT2D eigenvalue weighted by Crippen LogP contribution is -2.49. The molecule has 1 fully saturated rings. The summed E-state index contributed by atoms with van der Waals surface area (Å²) in [5, 5.41) is 0. The van der Waals surface area contributed by atoms with Gasteiger partial charge in [-0.15, -0.1) is 0 Å². The summed E-state index contributed by atoms with van der Waals surface area (Å²) in [6.45, 7) is 5.42. The number of benzene rings is 1. The highest BCUT2D eigenvalue weighted by Crippen LogP contribution is 2.16. The molecule has 1 aliphatic rings. The molecule has 7 heteroatoms. The molecule has 3 rings (SSSR count). The van der Waals surface area contributed by atoms with Gasteiger partial charge in [0.1, 0.15) is 11.3 Å². The quantitative estimate of drug-likeness (QED) is 0.763. The molecule has 0 spiro atoms. The minimum Gasteiger partial charge on any atom is -0.452 e. The van der Waals surface area contributed by atoms with Crippen molar-refractivity contribution in [2.75, 3.05) is 37.7 Å².